The summed E-state index contributed by atoms with van der Waals surface area (Å²) in [5.41, 5.74) is 0. The number of carboxylic acids is 1. The highest BCUT2D eigenvalue weighted by Crippen LogP contribution is 2.04. The van der Waals surface area contributed by atoms with Crippen LogP contribution in [0.15, 0.2) is 0 Å². The maximum absolute atomic E-state index is 11.8. The van der Waals surface area contributed by atoms with Crippen LogP contribution in [-0.2, 0) is 14.3 Å². The molecule has 1 unspecified atom stereocenters. The van der Waals surface area contributed by atoms with E-state index in [9.17, 15) is 14.4 Å². The van der Waals surface area contributed by atoms with Crippen molar-refractivity contribution in [1.29, 1.82) is 0 Å². The van der Waals surface area contributed by atoms with Crippen molar-refractivity contribution in [2.75, 3.05) is 19.1 Å². The normalized spacial score (nSPS) is 13.4. The fourth-order valence-corrected chi connectivity index (χ4v) is 1.93. The molecule has 20 heavy (non-hydrogen) atoms. The standard InChI is InChI=1S/C12H22N2O5S/c1-7(2)9(11(17)19-3)14-12(18)13-8(10(15)16)5-6-20-4/h7-9H,5-6H2,1-4H3,(H,15,16)(H2,13,14,18)/t8-,9?/m0/s1. The van der Waals surface area contributed by atoms with Crippen LogP contribution >= 0.6 is 11.8 Å². The summed E-state index contributed by atoms with van der Waals surface area (Å²) in [6.45, 7) is 3.51. The van der Waals surface area contributed by atoms with Gasteiger partial charge in [0, 0.05) is 0 Å². The minimum absolute atomic E-state index is 0.164. The first-order valence-electron chi connectivity index (χ1n) is 6.20. The molecule has 0 aromatic rings. The number of carbonyl (C=O) groups excluding carboxylic acids is 2. The largest absolute Gasteiger partial charge is 0.480 e. The molecule has 0 aliphatic rings. The predicted octanol–water partition coefficient (Wildman–Crippen LogP) is 0.689. The highest BCUT2D eigenvalue weighted by atomic mass is 32.2. The number of methoxy groups -OCH3 is 1. The van der Waals surface area contributed by atoms with Crippen molar-refractivity contribution in [3.8, 4) is 0 Å². The van der Waals surface area contributed by atoms with Gasteiger partial charge in [-0.05, 0) is 24.3 Å². The second-order valence-corrected chi connectivity index (χ2v) is 5.52. The topological polar surface area (TPSA) is 105 Å². The van der Waals surface area contributed by atoms with Gasteiger partial charge >= 0.3 is 18.0 Å². The van der Waals surface area contributed by atoms with Crippen molar-refractivity contribution >= 4 is 29.7 Å². The van der Waals surface area contributed by atoms with E-state index in [0.717, 1.165) is 0 Å². The fraction of sp³-hybridized carbons (Fsp3) is 0.750. The summed E-state index contributed by atoms with van der Waals surface area (Å²) < 4.78 is 4.59. The Labute approximate surface area is 122 Å². The third-order valence-corrected chi connectivity index (χ3v) is 3.27. The molecule has 0 aliphatic heterocycles. The Morgan fingerprint density at radius 1 is 1.25 bits per heavy atom. The second-order valence-electron chi connectivity index (χ2n) is 4.53. The van der Waals surface area contributed by atoms with Crippen molar-refractivity contribution in [3.63, 3.8) is 0 Å². The van der Waals surface area contributed by atoms with Crippen LogP contribution in [0.1, 0.15) is 20.3 Å². The van der Waals surface area contributed by atoms with Gasteiger partial charge in [-0.1, -0.05) is 13.8 Å². The Balaban J connectivity index is 4.56. The number of hydrogen-bond donors (Lipinski definition) is 3. The molecule has 8 heteroatoms. The highest BCUT2D eigenvalue weighted by molar-refractivity contribution is 7.98. The number of hydrogen-bond acceptors (Lipinski definition) is 5. The van der Waals surface area contributed by atoms with Crippen LogP contribution in [-0.4, -0.2) is 54.3 Å². The number of esters is 1. The maximum Gasteiger partial charge on any atom is 0.328 e. The number of nitrogens with one attached hydrogen (secondary N) is 2. The number of carboxylic acid groups (broad SMARTS) is 1. The van der Waals surface area contributed by atoms with Crippen LogP contribution < -0.4 is 10.6 Å². The quantitative estimate of drug-likeness (QED) is 0.570. The molecular formula is C12H22N2O5S. The molecule has 0 saturated heterocycles. The third-order valence-electron chi connectivity index (χ3n) is 2.62. The summed E-state index contributed by atoms with van der Waals surface area (Å²) >= 11 is 1.49. The Morgan fingerprint density at radius 2 is 1.85 bits per heavy atom. The average molecular weight is 306 g/mol. The predicted molar refractivity (Wildman–Crippen MR) is 76.7 cm³/mol. The van der Waals surface area contributed by atoms with Gasteiger partial charge in [-0.15, -0.1) is 0 Å². The minimum Gasteiger partial charge on any atom is -0.480 e. The van der Waals surface area contributed by atoms with Gasteiger partial charge in [0.05, 0.1) is 7.11 Å². The van der Waals surface area contributed by atoms with Crippen LogP contribution in [0.5, 0.6) is 0 Å². The first-order chi connectivity index (χ1) is 9.33. The molecule has 3 N–H and O–H groups in total. The van der Waals surface area contributed by atoms with E-state index in [0.29, 0.717) is 12.2 Å². The molecule has 0 saturated carbocycles. The smallest absolute Gasteiger partial charge is 0.328 e. The molecule has 0 aromatic heterocycles. The summed E-state index contributed by atoms with van der Waals surface area (Å²) in [5, 5.41) is 13.8. The van der Waals surface area contributed by atoms with E-state index in [1.165, 1.54) is 18.9 Å². The van der Waals surface area contributed by atoms with Gasteiger partial charge in [0.1, 0.15) is 12.1 Å². The molecule has 0 heterocycles. The Kier molecular flexibility index (Phi) is 8.78. The van der Waals surface area contributed by atoms with Crippen molar-refractivity contribution in [2.24, 2.45) is 5.92 Å². The van der Waals surface area contributed by atoms with E-state index < -0.39 is 30.1 Å². The number of carbonyl (C=O) groups is 3. The van der Waals surface area contributed by atoms with E-state index >= 15 is 0 Å². The highest BCUT2D eigenvalue weighted by Gasteiger charge is 2.27. The van der Waals surface area contributed by atoms with Crippen LogP contribution in [0.25, 0.3) is 0 Å². The molecular weight excluding hydrogens is 284 g/mol. The average Bonchev–Trinajstić information content (AvgIpc) is 2.39. The lowest BCUT2D eigenvalue weighted by Crippen LogP contribution is -2.53. The molecule has 0 bridgehead atoms. The fourth-order valence-electron chi connectivity index (χ4n) is 1.46. The van der Waals surface area contributed by atoms with Gasteiger partial charge in [-0.3, -0.25) is 0 Å². The van der Waals surface area contributed by atoms with Gasteiger partial charge in [0.15, 0.2) is 0 Å². The molecule has 2 amide bonds. The van der Waals surface area contributed by atoms with Crippen LogP contribution in [0.3, 0.4) is 0 Å². The molecule has 0 fully saturated rings. The summed E-state index contributed by atoms with van der Waals surface area (Å²) in [6, 6.07) is -2.48. The van der Waals surface area contributed by atoms with E-state index in [1.54, 1.807) is 13.8 Å². The molecule has 0 rings (SSSR count). The lowest BCUT2D eigenvalue weighted by Gasteiger charge is -2.21. The molecule has 7 nitrogen and oxygen atoms in total. The summed E-state index contributed by atoms with van der Waals surface area (Å²) in [6.07, 6.45) is 2.17. The zero-order chi connectivity index (χ0) is 15.7. The number of ether oxygens (including phenoxy) is 1. The Bertz CT molecular complexity index is 349. The first kappa shape index (κ1) is 18.6. The number of thioether (sulfide) groups is 1. The van der Waals surface area contributed by atoms with Crippen molar-refractivity contribution in [1.82, 2.24) is 10.6 Å². The SMILES string of the molecule is COC(=O)C(NC(=O)N[C@@H](CCSC)C(=O)O)C(C)C. The van der Waals surface area contributed by atoms with Gasteiger partial charge < -0.3 is 20.5 Å². The van der Waals surface area contributed by atoms with E-state index in [1.807, 2.05) is 6.26 Å². The second kappa shape index (κ2) is 9.46. The zero-order valence-electron chi connectivity index (χ0n) is 12.1. The van der Waals surface area contributed by atoms with E-state index in [4.69, 9.17) is 5.11 Å². The number of amides is 2. The number of urea groups is 1. The van der Waals surface area contributed by atoms with Crippen LogP contribution in [0.4, 0.5) is 4.79 Å². The molecule has 0 spiro atoms. The van der Waals surface area contributed by atoms with Gasteiger partial charge in [0.2, 0.25) is 0 Å². The van der Waals surface area contributed by atoms with Crippen LogP contribution in [0.2, 0.25) is 0 Å². The van der Waals surface area contributed by atoms with Crippen molar-refractivity contribution in [3.05, 3.63) is 0 Å². The molecule has 0 radical (unpaired) electrons. The van der Waals surface area contributed by atoms with Gasteiger partial charge in [-0.2, -0.15) is 11.8 Å². The maximum atomic E-state index is 11.8. The van der Waals surface area contributed by atoms with Gasteiger partial charge in [-0.25, -0.2) is 14.4 Å². The summed E-state index contributed by atoms with van der Waals surface area (Å²) in [5.74, 6) is -1.22. The molecule has 0 aromatic carbocycles. The monoisotopic (exact) mass is 306 g/mol. The molecule has 116 valence electrons. The number of aliphatic carboxylic acids is 1. The Morgan fingerprint density at radius 3 is 2.25 bits per heavy atom. The summed E-state index contributed by atoms with van der Waals surface area (Å²) in [4.78, 5) is 34.3. The summed E-state index contributed by atoms with van der Waals surface area (Å²) in [7, 11) is 1.23. The lowest BCUT2D eigenvalue weighted by molar-refractivity contribution is -0.144. The van der Waals surface area contributed by atoms with E-state index in [2.05, 4.69) is 15.4 Å². The Hall–Kier alpha value is -1.44. The number of rotatable bonds is 8. The van der Waals surface area contributed by atoms with Gasteiger partial charge in [0.25, 0.3) is 0 Å². The van der Waals surface area contributed by atoms with Crippen LogP contribution in [0, 0.1) is 5.92 Å². The third kappa shape index (κ3) is 6.65. The van der Waals surface area contributed by atoms with Crippen molar-refractivity contribution in [2.45, 2.75) is 32.4 Å². The zero-order valence-corrected chi connectivity index (χ0v) is 13.0. The van der Waals surface area contributed by atoms with E-state index in [-0.39, 0.29) is 5.92 Å². The molecule has 2 atom stereocenters. The minimum atomic E-state index is -1.10. The molecule has 0 aliphatic carbocycles. The lowest BCUT2D eigenvalue weighted by atomic mass is 10.1. The van der Waals surface area contributed by atoms with Crippen molar-refractivity contribution < 1.29 is 24.2 Å². The first-order valence-corrected chi connectivity index (χ1v) is 7.59.